The van der Waals surface area contributed by atoms with Gasteiger partial charge >= 0.3 is 24.1 Å². The maximum Gasteiger partial charge on any atom is 0.407 e. The predicted molar refractivity (Wildman–Crippen MR) is 192 cm³/mol. The lowest BCUT2D eigenvalue weighted by atomic mass is 10.1. The molecule has 0 aliphatic carbocycles. The third kappa shape index (κ3) is 16.7. The van der Waals surface area contributed by atoms with Crippen LogP contribution in [0.5, 0.6) is 0 Å². The summed E-state index contributed by atoms with van der Waals surface area (Å²) in [5.74, 6) is -0.165. The Morgan fingerprint density at radius 2 is 1.14 bits per heavy atom. The van der Waals surface area contributed by atoms with Crippen molar-refractivity contribution in [3.05, 3.63) is 0 Å². The Morgan fingerprint density at radius 1 is 0.680 bits per heavy atom. The first-order valence-corrected chi connectivity index (χ1v) is 19.6. The number of imide groups is 2. The molecule has 3 saturated heterocycles. The number of urea groups is 2. The van der Waals surface area contributed by atoms with Gasteiger partial charge in [-0.1, -0.05) is 58.8 Å². The van der Waals surface area contributed by atoms with Gasteiger partial charge in [0.05, 0.1) is 13.2 Å². The fourth-order valence-electron chi connectivity index (χ4n) is 6.03. The second-order valence-electron chi connectivity index (χ2n) is 14.3. The average Bonchev–Trinajstić information content (AvgIpc) is 4.00. The van der Waals surface area contributed by atoms with Crippen LogP contribution in [-0.2, 0) is 23.7 Å². The van der Waals surface area contributed by atoms with Crippen LogP contribution in [0.4, 0.5) is 14.4 Å². The van der Waals surface area contributed by atoms with Crippen LogP contribution in [0.1, 0.15) is 118 Å². The Kier molecular flexibility index (Phi) is 20.0. The fourth-order valence-corrected chi connectivity index (χ4v) is 6.03. The fraction of sp³-hybridized carbons (Fsp3) is 0.892. The molecular formula is C37H67N5O8. The molecular weight excluding hydrogens is 642 g/mol. The molecule has 3 fully saturated rings. The summed E-state index contributed by atoms with van der Waals surface area (Å²) in [5.41, 5.74) is 0. The second-order valence-corrected chi connectivity index (χ2v) is 14.3. The summed E-state index contributed by atoms with van der Waals surface area (Å²) in [5, 5.41) is 2.84. The van der Waals surface area contributed by atoms with Gasteiger partial charge in [-0.25, -0.2) is 24.2 Å². The number of amides is 5. The zero-order valence-electron chi connectivity index (χ0n) is 31.5. The Labute approximate surface area is 301 Å². The zero-order valence-corrected chi connectivity index (χ0v) is 31.5. The van der Waals surface area contributed by atoms with E-state index in [2.05, 4.69) is 42.8 Å². The van der Waals surface area contributed by atoms with Gasteiger partial charge in [0.1, 0.15) is 12.2 Å². The molecule has 3 aliphatic rings. The molecule has 50 heavy (non-hydrogen) atoms. The van der Waals surface area contributed by atoms with E-state index in [0.717, 1.165) is 103 Å². The zero-order chi connectivity index (χ0) is 36.1. The van der Waals surface area contributed by atoms with E-state index in [1.807, 2.05) is 0 Å². The van der Waals surface area contributed by atoms with Gasteiger partial charge in [0.2, 0.25) is 0 Å². The third-order valence-electron chi connectivity index (χ3n) is 9.58. The Balaban J connectivity index is 1.14. The molecule has 0 aromatic heterocycles. The first kappa shape index (κ1) is 41.9. The number of unbranched alkanes of at least 4 members (excludes halogenated alkanes) is 9. The molecule has 288 valence electrons. The van der Waals surface area contributed by atoms with Crippen LogP contribution in [-0.4, -0.2) is 140 Å². The topological polar surface area (TPSA) is 130 Å². The molecule has 13 nitrogen and oxygen atoms in total. The number of alkyl carbamates (subject to hydrolysis) is 1. The number of ether oxygens (including phenoxy) is 4. The van der Waals surface area contributed by atoms with Crippen LogP contribution in [0.3, 0.4) is 0 Å². The molecule has 0 saturated carbocycles. The van der Waals surface area contributed by atoms with Gasteiger partial charge in [-0.15, -0.1) is 0 Å². The predicted octanol–water partition coefficient (Wildman–Crippen LogP) is 5.79. The van der Waals surface area contributed by atoms with Crippen LogP contribution < -0.4 is 5.32 Å². The van der Waals surface area contributed by atoms with Crippen molar-refractivity contribution < 1.29 is 38.1 Å². The van der Waals surface area contributed by atoms with Crippen molar-refractivity contribution in [2.75, 3.05) is 72.2 Å². The number of carbonyl (C=O) groups excluding carboxylic acids is 4. The van der Waals surface area contributed by atoms with Gasteiger partial charge in [-0.05, 0) is 52.4 Å². The molecule has 6 unspecified atom stereocenters. The van der Waals surface area contributed by atoms with E-state index < -0.39 is 6.09 Å². The number of carbonyl (C=O) groups is 4. The van der Waals surface area contributed by atoms with E-state index in [-0.39, 0.29) is 30.2 Å². The summed E-state index contributed by atoms with van der Waals surface area (Å²) in [4.78, 5) is 56.9. The van der Waals surface area contributed by atoms with Crippen molar-refractivity contribution in [3.8, 4) is 0 Å². The van der Waals surface area contributed by atoms with Crippen molar-refractivity contribution in [2.45, 2.75) is 142 Å². The number of hydrogen-bond acceptors (Lipinski definition) is 10. The summed E-state index contributed by atoms with van der Waals surface area (Å²) < 4.78 is 22.8. The van der Waals surface area contributed by atoms with Crippen molar-refractivity contribution in [3.63, 3.8) is 0 Å². The Bertz CT molecular complexity index is 928. The monoisotopic (exact) mass is 709 g/mol. The molecule has 13 heteroatoms. The van der Waals surface area contributed by atoms with Crippen LogP contribution >= 0.6 is 0 Å². The van der Waals surface area contributed by atoms with Gasteiger partial charge < -0.3 is 24.3 Å². The first-order valence-electron chi connectivity index (χ1n) is 19.6. The van der Waals surface area contributed by atoms with Crippen LogP contribution in [0.15, 0.2) is 0 Å². The van der Waals surface area contributed by atoms with Crippen LogP contribution in [0, 0.1) is 0 Å². The number of nitrogens with zero attached hydrogens (tertiary/aromatic N) is 4. The van der Waals surface area contributed by atoms with Crippen LogP contribution in [0.2, 0.25) is 0 Å². The highest BCUT2D eigenvalue weighted by atomic mass is 16.6. The smallest absolute Gasteiger partial charge is 0.407 e. The van der Waals surface area contributed by atoms with Gasteiger partial charge in [0.15, 0.2) is 0 Å². The van der Waals surface area contributed by atoms with Gasteiger partial charge in [0.25, 0.3) is 0 Å². The van der Waals surface area contributed by atoms with Crippen LogP contribution in [0.25, 0.3) is 0 Å². The molecule has 1 N–H and O–H groups in total. The average molecular weight is 710 g/mol. The molecule has 0 aromatic rings. The lowest BCUT2D eigenvalue weighted by molar-refractivity contribution is -0.152. The lowest BCUT2D eigenvalue weighted by Gasteiger charge is -2.39. The normalized spacial score (nSPS) is 22.2. The minimum Gasteiger partial charge on any atom is -0.459 e. The van der Waals surface area contributed by atoms with Gasteiger partial charge in [-0.3, -0.25) is 14.6 Å². The number of hydrogen-bond donors (Lipinski definition) is 1. The first-order chi connectivity index (χ1) is 24.2. The summed E-state index contributed by atoms with van der Waals surface area (Å²) in [6, 6.07) is 0.672. The second kappa shape index (κ2) is 23.9. The summed E-state index contributed by atoms with van der Waals surface area (Å²) >= 11 is 0. The molecule has 5 amide bonds. The summed E-state index contributed by atoms with van der Waals surface area (Å²) in [6.45, 7) is 15.7. The minimum atomic E-state index is -0.412. The standard InChI is InChI=1S/C37H67N5O8/c1-5-7-22-47-28-32(26-39-24-30(39)3)49-34(43)18-14-10-9-12-16-20-41-36(45)42(37(41)46)21-17-13-11-15-19-38-35(44)50-33(27-40-25-31(40)4)29-48-23-8-6-2/h30-33H,5-29H2,1-4H3,(H,38,44). The quantitative estimate of drug-likeness (QED) is 0.0536. The minimum absolute atomic E-state index is 0.165. The van der Waals surface area contributed by atoms with E-state index in [4.69, 9.17) is 18.9 Å². The van der Waals surface area contributed by atoms with Gasteiger partial charge in [0, 0.05) is 77.5 Å². The molecule has 0 aromatic carbocycles. The largest absolute Gasteiger partial charge is 0.459 e. The third-order valence-corrected chi connectivity index (χ3v) is 9.58. The van der Waals surface area contributed by atoms with E-state index in [9.17, 15) is 19.2 Å². The van der Waals surface area contributed by atoms with E-state index in [1.165, 1.54) is 9.80 Å². The molecule has 0 bridgehead atoms. The van der Waals surface area contributed by atoms with Crippen molar-refractivity contribution in [2.24, 2.45) is 0 Å². The summed E-state index contributed by atoms with van der Waals surface area (Å²) in [7, 11) is 0. The lowest BCUT2D eigenvalue weighted by Crippen LogP contribution is -2.64. The van der Waals surface area contributed by atoms with Crippen molar-refractivity contribution in [1.82, 2.24) is 24.9 Å². The number of esters is 1. The number of rotatable bonds is 31. The van der Waals surface area contributed by atoms with Crippen molar-refractivity contribution >= 4 is 24.1 Å². The Morgan fingerprint density at radius 3 is 1.64 bits per heavy atom. The SMILES string of the molecule is CCCCOCC(CN1CC1C)OC(=O)CCCCCCCN1C(=O)N(CCCCCCNC(=O)OC(COCCCC)CN2CC2C)C1=O. The molecule has 3 heterocycles. The van der Waals surface area contributed by atoms with Crippen molar-refractivity contribution in [1.29, 1.82) is 0 Å². The molecule has 0 radical (unpaired) electrons. The summed E-state index contributed by atoms with van der Waals surface area (Å²) in [6.07, 6.45) is 11.2. The highest BCUT2D eigenvalue weighted by Gasteiger charge is 2.42. The maximum absolute atomic E-state index is 12.5. The Hall–Kier alpha value is -2.48. The maximum atomic E-state index is 12.5. The van der Waals surface area contributed by atoms with E-state index in [1.54, 1.807) is 0 Å². The van der Waals surface area contributed by atoms with E-state index in [0.29, 0.717) is 71.1 Å². The molecule has 6 atom stereocenters. The highest BCUT2D eigenvalue weighted by molar-refractivity contribution is 6.11. The number of nitrogens with one attached hydrogen (secondary N) is 1. The molecule has 0 spiro atoms. The highest BCUT2D eigenvalue weighted by Crippen LogP contribution is 2.20. The van der Waals surface area contributed by atoms with E-state index >= 15 is 0 Å². The molecule has 3 aliphatic heterocycles. The molecule has 3 rings (SSSR count). The van der Waals surface area contributed by atoms with Gasteiger partial charge in [-0.2, -0.15) is 0 Å².